The molecule has 0 fully saturated rings. The van der Waals surface area contributed by atoms with Gasteiger partial charge in [-0.05, 0) is 51.7 Å². The third-order valence-electron chi connectivity index (χ3n) is 3.07. The van der Waals surface area contributed by atoms with Gasteiger partial charge in [-0.3, -0.25) is 0 Å². The molecule has 0 saturated carbocycles. The summed E-state index contributed by atoms with van der Waals surface area (Å²) < 4.78 is 1.23. The van der Waals surface area contributed by atoms with Gasteiger partial charge in [-0.1, -0.05) is 27.7 Å². The van der Waals surface area contributed by atoms with Gasteiger partial charge in [-0.15, -0.1) is 11.3 Å². The first-order valence-corrected chi connectivity index (χ1v) is 7.62. The predicted octanol–water partition coefficient (Wildman–Crippen LogP) is 4.53. The van der Waals surface area contributed by atoms with Crippen molar-refractivity contribution in [1.29, 1.82) is 0 Å². The van der Waals surface area contributed by atoms with E-state index in [1.807, 2.05) is 11.3 Å². The fourth-order valence-electron chi connectivity index (χ4n) is 2.04. The second kappa shape index (κ2) is 6.77. The van der Waals surface area contributed by atoms with Crippen molar-refractivity contribution in [3.63, 3.8) is 0 Å². The highest BCUT2D eigenvalue weighted by molar-refractivity contribution is 9.10. The maximum atomic E-state index is 3.57. The van der Waals surface area contributed by atoms with Crippen LogP contribution >= 0.6 is 27.3 Å². The van der Waals surface area contributed by atoms with Crippen molar-refractivity contribution in [3.8, 4) is 0 Å². The summed E-state index contributed by atoms with van der Waals surface area (Å²) in [5.41, 5.74) is 0. The van der Waals surface area contributed by atoms with Gasteiger partial charge in [0, 0.05) is 15.9 Å². The van der Waals surface area contributed by atoms with Crippen LogP contribution in [0.2, 0.25) is 0 Å². The van der Waals surface area contributed by atoms with Crippen molar-refractivity contribution in [2.24, 2.45) is 17.8 Å². The Morgan fingerprint density at radius 1 is 1.25 bits per heavy atom. The predicted molar refractivity (Wildman–Crippen MR) is 76.9 cm³/mol. The first-order chi connectivity index (χ1) is 7.52. The number of halogens is 1. The minimum atomic E-state index is 0.749. The standard InChI is InChI=1S/C13H22BrNS/c1-9(2)11(10(3)4)7-15-8-13-12(14)5-6-16-13/h5-6,9-11,15H,7-8H2,1-4H3. The third-order valence-corrected chi connectivity index (χ3v) is 5.00. The highest BCUT2D eigenvalue weighted by Crippen LogP contribution is 2.23. The SMILES string of the molecule is CC(C)C(CNCc1sccc1Br)C(C)C. The molecule has 16 heavy (non-hydrogen) atoms. The monoisotopic (exact) mass is 303 g/mol. The Labute approximate surface area is 112 Å². The maximum Gasteiger partial charge on any atom is 0.0327 e. The van der Waals surface area contributed by atoms with Gasteiger partial charge in [0.05, 0.1) is 0 Å². The molecule has 0 aliphatic rings. The molecule has 0 bridgehead atoms. The number of hydrogen-bond donors (Lipinski definition) is 1. The zero-order chi connectivity index (χ0) is 12.1. The van der Waals surface area contributed by atoms with Crippen molar-refractivity contribution >= 4 is 27.3 Å². The Morgan fingerprint density at radius 3 is 2.31 bits per heavy atom. The molecule has 0 aromatic carbocycles. The Morgan fingerprint density at radius 2 is 1.88 bits per heavy atom. The summed E-state index contributed by atoms with van der Waals surface area (Å²) in [6, 6.07) is 2.12. The molecule has 0 unspecified atom stereocenters. The lowest BCUT2D eigenvalue weighted by molar-refractivity contribution is 0.276. The molecule has 1 N–H and O–H groups in total. The van der Waals surface area contributed by atoms with E-state index in [2.05, 4.69) is 60.4 Å². The normalized spacial score (nSPS) is 12.0. The van der Waals surface area contributed by atoms with E-state index in [9.17, 15) is 0 Å². The Hall–Kier alpha value is 0.140. The van der Waals surface area contributed by atoms with Crippen molar-refractivity contribution in [2.75, 3.05) is 6.54 Å². The summed E-state index contributed by atoms with van der Waals surface area (Å²) in [7, 11) is 0. The molecular weight excluding hydrogens is 282 g/mol. The molecule has 0 radical (unpaired) electrons. The Kier molecular flexibility index (Phi) is 6.01. The molecule has 1 rings (SSSR count). The molecule has 1 aromatic heterocycles. The smallest absolute Gasteiger partial charge is 0.0327 e. The lowest BCUT2D eigenvalue weighted by Gasteiger charge is -2.25. The number of nitrogens with one attached hydrogen (secondary N) is 1. The van der Waals surface area contributed by atoms with Crippen molar-refractivity contribution in [3.05, 3.63) is 20.8 Å². The van der Waals surface area contributed by atoms with E-state index in [1.165, 1.54) is 9.35 Å². The van der Waals surface area contributed by atoms with Crippen LogP contribution in [0.1, 0.15) is 32.6 Å². The second-order valence-electron chi connectivity index (χ2n) is 4.97. The quantitative estimate of drug-likeness (QED) is 0.814. The number of hydrogen-bond acceptors (Lipinski definition) is 2. The van der Waals surface area contributed by atoms with Crippen LogP contribution in [0.25, 0.3) is 0 Å². The number of thiophene rings is 1. The van der Waals surface area contributed by atoms with Crippen LogP contribution in [0.15, 0.2) is 15.9 Å². The van der Waals surface area contributed by atoms with Gasteiger partial charge in [0.2, 0.25) is 0 Å². The van der Waals surface area contributed by atoms with Gasteiger partial charge in [0.15, 0.2) is 0 Å². The van der Waals surface area contributed by atoms with Gasteiger partial charge < -0.3 is 5.32 Å². The highest BCUT2D eigenvalue weighted by Gasteiger charge is 2.16. The summed E-state index contributed by atoms with van der Waals surface area (Å²) in [6.45, 7) is 11.3. The van der Waals surface area contributed by atoms with E-state index >= 15 is 0 Å². The molecule has 1 heterocycles. The average molecular weight is 304 g/mol. The van der Waals surface area contributed by atoms with Crippen molar-refractivity contribution in [2.45, 2.75) is 34.2 Å². The van der Waals surface area contributed by atoms with Crippen LogP contribution < -0.4 is 5.32 Å². The summed E-state index contributed by atoms with van der Waals surface area (Å²) in [5, 5.41) is 5.70. The van der Waals surface area contributed by atoms with E-state index in [0.29, 0.717) is 0 Å². The molecule has 0 amide bonds. The van der Waals surface area contributed by atoms with Crippen LogP contribution in [-0.4, -0.2) is 6.54 Å². The molecule has 0 spiro atoms. The fourth-order valence-corrected chi connectivity index (χ4v) is 3.51. The van der Waals surface area contributed by atoms with E-state index in [-0.39, 0.29) is 0 Å². The molecule has 0 aliphatic heterocycles. The molecule has 1 aromatic rings. The largest absolute Gasteiger partial charge is 0.312 e. The fraction of sp³-hybridized carbons (Fsp3) is 0.692. The summed E-state index contributed by atoms with van der Waals surface area (Å²) >= 11 is 5.37. The van der Waals surface area contributed by atoms with Crippen molar-refractivity contribution < 1.29 is 0 Å². The van der Waals surface area contributed by atoms with Gasteiger partial charge in [-0.25, -0.2) is 0 Å². The van der Waals surface area contributed by atoms with Crippen LogP contribution in [0, 0.1) is 17.8 Å². The van der Waals surface area contributed by atoms with Crippen molar-refractivity contribution in [1.82, 2.24) is 5.32 Å². The minimum Gasteiger partial charge on any atom is -0.312 e. The van der Waals surface area contributed by atoms with Gasteiger partial charge in [-0.2, -0.15) is 0 Å². The summed E-state index contributed by atoms with van der Waals surface area (Å²) in [4.78, 5) is 1.39. The lowest BCUT2D eigenvalue weighted by atomic mass is 9.85. The molecule has 3 heteroatoms. The molecule has 0 saturated heterocycles. The van der Waals surface area contributed by atoms with E-state index < -0.39 is 0 Å². The van der Waals surface area contributed by atoms with Crippen LogP contribution in [0.5, 0.6) is 0 Å². The van der Waals surface area contributed by atoms with Crippen LogP contribution in [0.4, 0.5) is 0 Å². The summed E-state index contributed by atoms with van der Waals surface area (Å²) in [5.74, 6) is 2.26. The zero-order valence-corrected chi connectivity index (χ0v) is 13.0. The molecular formula is C13H22BrNS. The minimum absolute atomic E-state index is 0.749. The topological polar surface area (TPSA) is 12.0 Å². The first kappa shape index (κ1) is 14.2. The Bertz CT molecular complexity index is 299. The lowest BCUT2D eigenvalue weighted by Crippen LogP contribution is -2.29. The first-order valence-electron chi connectivity index (χ1n) is 5.95. The van der Waals surface area contributed by atoms with Gasteiger partial charge >= 0.3 is 0 Å². The van der Waals surface area contributed by atoms with E-state index in [0.717, 1.165) is 30.8 Å². The highest BCUT2D eigenvalue weighted by atomic mass is 79.9. The van der Waals surface area contributed by atoms with Crippen LogP contribution in [0.3, 0.4) is 0 Å². The number of rotatable bonds is 6. The molecule has 0 atom stereocenters. The van der Waals surface area contributed by atoms with Gasteiger partial charge in [0.25, 0.3) is 0 Å². The second-order valence-corrected chi connectivity index (χ2v) is 6.83. The molecule has 92 valence electrons. The molecule has 0 aliphatic carbocycles. The van der Waals surface area contributed by atoms with Crippen LogP contribution in [-0.2, 0) is 6.54 Å². The zero-order valence-electron chi connectivity index (χ0n) is 10.6. The average Bonchev–Trinajstić information content (AvgIpc) is 2.57. The third kappa shape index (κ3) is 4.19. The maximum absolute atomic E-state index is 3.57. The molecule has 1 nitrogen and oxygen atoms in total. The Balaban J connectivity index is 2.37. The van der Waals surface area contributed by atoms with E-state index in [1.54, 1.807) is 0 Å². The van der Waals surface area contributed by atoms with E-state index in [4.69, 9.17) is 0 Å². The summed E-state index contributed by atoms with van der Waals surface area (Å²) in [6.07, 6.45) is 0. The van der Waals surface area contributed by atoms with Gasteiger partial charge in [0.1, 0.15) is 0 Å².